The molecule has 3 heterocycles. The predicted molar refractivity (Wildman–Crippen MR) is 87.8 cm³/mol. The lowest BCUT2D eigenvalue weighted by molar-refractivity contribution is -0.101. The summed E-state index contributed by atoms with van der Waals surface area (Å²) >= 11 is 3.55. The van der Waals surface area contributed by atoms with Gasteiger partial charge in [-0.25, -0.2) is 14.6 Å². The van der Waals surface area contributed by atoms with Crippen molar-refractivity contribution in [2.75, 3.05) is 18.6 Å². The first-order chi connectivity index (χ1) is 10.4. The quantitative estimate of drug-likeness (QED) is 0.817. The Labute approximate surface area is 138 Å². The van der Waals surface area contributed by atoms with Crippen LogP contribution in [0.25, 0.3) is 11.0 Å². The van der Waals surface area contributed by atoms with Gasteiger partial charge in [0.2, 0.25) is 0 Å². The number of rotatable bonds is 2. The summed E-state index contributed by atoms with van der Waals surface area (Å²) in [6.45, 7) is 5.45. The van der Waals surface area contributed by atoms with Gasteiger partial charge in [0.05, 0.1) is 11.5 Å². The molecule has 0 aromatic carbocycles. The van der Waals surface area contributed by atoms with Crippen LogP contribution in [0.15, 0.2) is 10.9 Å². The number of hydrogen-bond donors (Lipinski definition) is 0. The van der Waals surface area contributed by atoms with Crippen molar-refractivity contribution in [2.24, 2.45) is 18.4 Å². The van der Waals surface area contributed by atoms with Gasteiger partial charge in [-0.3, -0.25) is 0 Å². The van der Waals surface area contributed by atoms with Crippen LogP contribution in [-0.2, 0) is 11.8 Å². The molecule has 1 saturated carbocycles. The minimum Gasteiger partial charge on any atom is -0.377 e. The van der Waals surface area contributed by atoms with E-state index in [-0.39, 0.29) is 5.41 Å². The van der Waals surface area contributed by atoms with Crippen molar-refractivity contribution < 1.29 is 4.74 Å². The van der Waals surface area contributed by atoms with Crippen LogP contribution < -0.4 is 4.90 Å². The third-order valence-electron chi connectivity index (χ3n) is 5.35. The van der Waals surface area contributed by atoms with Crippen LogP contribution >= 0.6 is 15.9 Å². The lowest BCUT2D eigenvalue weighted by Crippen LogP contribution is -2.66. The summed E-state index contributed by atoms with van der Waals surface area (Å²) in [5.41, 5.74) is 0.974. The zero-order chi connectivity index (χ0) is 15.6. The van der Waals surface area contributed by atoms with E-state index in [2.05, 4.69) is 56.8 Å². The lowest BCUT2D eigenvalue weighted by Gasteiger charge is -2.58. The highest BCUT2D eigenvalue weighted by Crippen LogP contribution is 2.55. The maximum Gasteiger partial charge on any atom is 0.164 e. The minimum atomic E-state index is 0.127. The van der Waals surface area contributed by atoms with E-state index in [9.17, 15) is 0 Å². The average molecular weight is 366 g/mol. The highest BCUT2D eigenvalue weighted by Gasteiger charge is 2.61. The molecule has 3 atom stereocenters. The number of anilines is 1. The van der Waals surface area contributed by atoms with Gasteiger partial charge in [0, 0.05) is 38.1 Å². The van der Waals surface area contributed by atoms with Gasteiger partial charge in [-0.1, -0.05) is 13.8 Å². The molecule has 0 N–H and O–H groups in total. The number of nitrogens with zero attached hydrogens (tertiary/aromatic N) is 5. The van der Waals surface area contributed by atoms with Crippen molar-refractivity contribution in [3.63, 3.8) is 0 Å². The molecule has 0 amide bonds. The molecule has 1 saturated heterocycles. The van der Waals surface area contributed by atoms with E-state index in [1.165, 1.54) is 0 Å². The van der Waals surface area contributed by atoms with Crippen molar-refractivity contribution in [2.45, 2.75) is 32.4 Å². The van der Waals surface area contributed by atoms with E-state index >= 15 is 0 Å². The molecule has 4 rings (SSSR count). The molecule has 2 aliphatic rings. The molecule has 2 fully saturated rings. The van der Waals surface area contributed by atoms with E-state index in [0.29, 0.717) is 18.1 Å². The van der Waals surface area contributed by atoms with Crippen molar-refractivity contribution in [1.29, 1.82) is 0 Å². The number of ether oxygens (including phenoxy) is 1. The molecule has 3 unspecified atom stereocenters. The highest BCUT2D eigenvalue weighted by atomic mass is 79.9. The molecule has 0 spiro atoms. The Hall–Kier alpha value is -1.21. The Morgan fingerprint density at radius 3 is 2.95 bits per heavy atom. The second-order valence-corrected chi connectivity index (χ2v) is 7.68. The summed E-state index contributed by atoms with van der Waals surface area (Å²) in [7, 11) is 4.03. The zero-order valence-electron chi connectivity index (χ0n) is 13.2. The SMILES string of the molecule is CN(c1ncnc2c1c(Br)nn2C)C1C2CCOC2C1(C)C. The summed E-state index contributed by atoms with van der Waals surface area (Å²) in [5.74, 6) is 1.52. The van der Waals surface area contributed by atoms with Gasteiger partial charge in [-0.05, 0) is 22.4 Å². The van der Waals surface area contributed by atoms with Crippen molar-refractivity contribution in [3.8, 4) is 0 Å². The number of aryl methyl sites for hydroxylation is 1. The van der Waals surface area contributed by atoms with Crippen LogP contribution in [0.1, 0.15) is 20.3 Å². The van der Waals surface area contributed by atoms with E-state index in [4.69, 9.17) is 4.74 Å². The zero-order valence-corrected chi connectivity index (χ0v) is 14.8. The molecule has 22 heavy (non-hydrogen) atoms. The fourth-order valence-electron chi connectivity index (χ4n) is 4.51. The minimum absolute atomic E-state index is 0.127. The molecule has 1 aliphatic heterocycles. The molecule has 7 heteroatoms. The van der Waals surface area contributed by atoms with Crippen molar-refractivity contribution in [3.05, 3.63) is 10.9 Å². The Morgan fingerprint density at radius 2 is 2.18 bits per heavy atom. The topological polar surface area (TPSA) is 56.1 Å². The number of hydrogen-bond acceptors (Lipinski definition) is 5. The van der Waals surface area contributed by atoms with Gasteiger partial charge in [0.15, 0.2) is 5.65 Å². The van der Waals surface area contributed by atoms with Crippen LogP contribution in [0, 0.1) is 11.3 Å². The fourth-order valence-corrected chi connectivity index (χ4v) is 5.10. The molecule has 6 nitrogen and oxygen atoms in total. The Balaban J connectivity index is 1.79. The van der Waals surface area contributed by atoms with Crippen LogP contribution in [0.3, 0.4) is 0 Å². The molecular weight excluding hydrogens is 346 g/mol. The van der Waals surface area contributed by atoms with Crippen molar-refractivity contribution >= 4 is 32.8 Å². The normalized spacial score (nSPS) is 29.4. The number of halogens is 1. The Morgan fingerprint density at radius 1 is 1.41 bits per heavy atom. The second kappa shape index (κ2) is 4.64. The predicted octanol–water partition coefficient (Wildman–Crippen LogP) is 2.38. The van der Waals surface area contributed by atoms with Gasteiger partial charge in [0.1, 0.15) is 16.7 Å². The largest absolute Gasteiger partial charge is 0.377 e. The molecule has 0 radical (unpaired) electrons. The van der Waals surface area contributed by atoms with Crippen molar-refractivity contribution in [1.82, 2.24) is 19.7 Å². The van der Waals surface area contributed by atoms with Gasteiger partial charge in [-0.2, -0.15) is 5.10 Å². The Bertz CT molecular complexity index is 743. The summed E-state index contributed by atoms with van der Waals surface area (Å²) < 4.78 is 8.49. The monoisotopic (exact) mass is 365 g/mol. The van der Waals surface area contributed by atoms with E-state index in [1.54, 1.807) is 11.0 Å². The van der Waals surface area contributed by atoms with E-state index < -0.39 is 0 Å². The molecule has 118 valence electrons. The maximum atomic E-state index is 5.91. The number of aromatic nitrogens is 4. The van der Waals surface area contributed by atoms with Crippen LogP contribution in [0.2, 0.25) is 0 Å². The summed E-state index contributed by atoms with van der Waals surface area (Å²) in [6.07, 6.45) is 3.12. The maximum absolute atomic E-state index is 5.91. The molecule has 2 aromatic rings. The van der Waals surface area contributed by atoms with E-state index in [1.807, 2.05) is 7.05 Å². The standard InChI is InChI=1S/C15H20BrN5O/c1-15(2)10(8-5-6-22-11(8)15)20(3)13-9-12(16)19-21(4)14(9)18-7-17-13/h7-8,10-11H,5-6H2,1-4H3. The van der Waals surface area contributed by atoms with Crippen LogP contribution in [0.5, 0.6) is 0 Å². The second-order valence-electron chi connectivity index (χ2n) is 6.93. The van der Waals surface area contributed by atoms with Crippen LogP contribution in [0.4, 0.5) is 5.82 Å². The third kappa shape index (κ3) is 1.72. The van der Waals surface area contributed by atoms with Gasteiger partial charge < -0.3 is 9.64 Å². The first-order valence-corrected chi connectivity index (χ1v) is 8.40. The summed E-state index contributed by atoms with van der Waals surface area (Å²) in [6, 6.07) is 0.421. The fraction of sp³-hybridized carbons (Fsp3) is 0.667. The molecular formula is C15H20BrN5O. The van der Waals surface area contributed by atoms with E-state index in [0.717, 1.165) is 34.5 Å². The Kier molecular flexibility index (Phi) is 3.04. The van der Waals surface area contributed by atoms with Crippen LogP contribution in [-0.4, -0.2) is 45.5 Å². The summed E-state index contributed by atoms with van der Waals surface area (Å²) in [5, 5.41) is 5.40. The molecule has 1 aliphatic carbocycles. The smallest absolute Gasteiger partial charge is 0.164 e. The molecule has 2 aromatic heterocycles. The van der Waals surface area contributed by atoms with Gasteiger partial charge >= 0.3 is 0 Å². The van der Waals surface area contributed by atoms with Gasteiger partial charge in [0.25, 0.3) is 0 Å². The first kappa shape index (κ1) is 14.4. The average Bonchev–Trinajstić information content (AvgIpc) is 3.03. The molecule has 0 bridgehead atoms. The van der Waals surface area contributed by atoms with Gasteiger partial charge in [-0.15, -0.1) is 0 Å². The highest BCUT2D eigenvalue weighted by molar-refractivity contribution is 9.10. The lowest BCUT2D eigenvalue weighted by atomic mass is 9.57. The number of fused-ring (bicyclic) bond motifs is 2. The third-order valence-corrected chi connectivity index (χ3v) is 5.90. The first-order valence-electron chi connectivity index (χ1n) is 7.60. The summed E-state index contributed by atoms with van der Waals surface area (Å²) in [4.78, 5) is 11.2.